The normalized spacial score (nSPS) is 24.1. The Hall–Kier alpha value is -1.42. The van der Waals surface area contributed by atoms with Gasteiger partial charge in [-0.1, -0.05) is 6.07 Å². The van der Waals surface area contributed by atoms with Crippen LogP contribution in [-0.4, -0.2) is 17.1 Å². The predicted octanol–water partition coefficient (Wildman–Crippen LogP) is 2.00. The maximum absolute atomic E-state index is 13.2. The molecule has 0 saturated heterocycles. The third-order valence-electron chi connectivity index (χ3n) is 2.96. The number of carbonyl (C=O) groups is 1. The molecule has 1 N–H and O–H groups in total. The molecule has 0 aliphatic carbocycles. The van der Waals surface area contributed by atoms with E-state index >= 15 is 0 Å². The zero-order chi connectivity index (χ0) is 11.9. The molecule has 1 heterocycles. The summed E-state index contributed by atoms with van der Waals surface area (Å²) in [7, 11) is 0. The van der Waals surface area contributed by atoms with Crippen molar-refractivity contribution in [2.24, 2.45) is 0 Å². The highest BCUT2D eigenvalue weighted by Gasteiger charge is 2.31. The molecule has 0 spiro atoms. The first-order valence-corrected chi connectivity index (χ1v) is 5.28. The van der Waals surface area contributed by atoms with E-state index in [9.17, 15) is 14.3 Å². The third-order valence-corrected chi connectivity index (χ3v) is 2.96. The van der Waals surface area contributed by atoms with Gasteiger partial charge in [0.25, 0.3) is 0 Å². The second kappa shape index (κ2) is 3.87. The van der Waals surface area contributed by atoms with Crippen LogP contribution in [0.4, 0.5) is 10.1 Å². The number of benzene rings is 1. The molecule has 0 radical (unpaired) electrons. The van der Waals surface area contributed by atoms with E-state index in [1.807, 2.05) is 6.92 Å². The SMILES string of the molecule is CC(=O)N1c2cc(F)ccc2[C@H](O)C[C@H]1C. The van der Waals surface area contributed by atoms with Gasteiger partial charge in [-0.2, -0.15) is 0 Å². The lowest BCUT2D eigenvalue weighted by Crippen LogP contribution is -2.42. The van der Waals surface area contributed by atoms with Gasteiger partial charge in [0.05, 0.1) is 11.8 Å². The average molecular weight is 223 g/mol. The van der Waals surface area contributed by atoms with Gasteiger partial charge >= 0.3 is 0 Å². The van der Waals surface area contributed by atoms with Crippen LogP contribution >= 0.6 is 0 Å². The van der Waals surface area contributed by atoms with E-state index in [-0.39, 0.29) is 11.9 Å². The summed E-state index contributed by atoms with van der Waals surface area (Å²) < 4.78 is 13.2. The molecule has 0 aromatic heterocycles. The molecular formula is C12H14FNO2. The van der Waals surface area contributed by atoms with Crippen molar-refractivity contribution in [1.29, 1.82) is 0 Å². The summed E-state index contributed by atoms with van der Waals surface area (Å²) in [6.07, 6.45) is -0.140. The summed E-state index contributed by atoms with van der Waals surface area (Å²) >= 11 is 0. The van der Waals surface area contributed by atoms with E-state index in [2.05, 4.69) is 0 Å². The number of hydrogen-bond acceptors (Lipinski definition) is 2. The number of halogens is 1. The van der Waals surface area contributed by atoms with Crippen molar-refractivity contribution in [2.75, 3.05) is 4.90 Å². The van der Waals surface area contributed by atoms with Crippen LogP contribution < -0.4 is 4.90 Å². The topological polar surface area (TPSA) is 40.5 Å². The summed E-state index contributed by atoms with van der Waals surface area (Å²) in [5.41, 5.74) is 1.11. The van der Waals surface area contributed by atoms with E-state index in [1.54, 1.807) is 0 Å². The van der Waals surface area contributed by atoms with Crippen molar-refractivity contribution in [3.63, 3.8) is 0 Å². The second-order valence-corrected chi connectivity index (χ2v) is 4.19. The summed E-state index contributed by atoms with van der Waals surface area (Å²) in [5, 5.41) is 9.86. The quantitative estimate of drug-likeness (QED) is 0.730. The first-order valence-electron chi connectivity index (χ1n) is 5.28. The molecule has 1 aliphatic rings. The van der Waals surface area contributed by atoms with Gasteiger partial charge in [-0.05, 0) is 25.5 Å². The van der Waals surface area contributed by atoms with E-state index in [0.29, 0.717) is 17.7 Å². The minimum absolute atomic E-state index is 0.109. The Balaban J connectivity index is 2.56. The van der Waals surface area contributed by atoms with Crippen LogP contribution in [0.2, 0.25) is 0 Å². The fourth-order valence-corrected chi connectivity index (χ4v) is 2.28. The molecule has 2 atom stereocenters. The predicted molar refractivity (Wildman–Crippen MR) is 58.6 cm³/mol. The summed E-state index contributed by atoms with van der Waals surface area (Å²) in [6, 6.07) is 4.03. The van der Waals surface area contributed by atoms with Crippen LogP contribution in [0.1, 0.15) is 31.9 Å². The van der Waals surface area contributed by atoms with Crippen molar-refractivity contribution < 1.29 is 14.3 Å². The van der Waals surface area contributed by atoms with E-state index < -0.39 is 11.9 Å². The fourth-order valence-electron chi connectivity index (χ4n) is 2.28. The smallest absolute Gasteiger partial charge is 0.224 e. The Morgan fingerprint density at radius 2 is 2.25 bits per heavy atom. The Morgan fingerprint density at radius 3 is 2.88 bits per heavy atom. The molecule has 4 heteroatoms. The van der Waals surface area contributed by atoms with Crippen LogP contribution in [0.5, 0.6) is 0 Å². The van der Waals surface area contributed by atoms with Crippen molar-refractivity contribution in [3.05, 3.63) is 29.6 Å². The van der Waals surface area contributed by atoms with Gasteiger partial charge in [0.2, 0.25) is 5.91 Å². The van der Waals surface area contributed by atoms with Gasteiger partial charge in [0.1, 0.15) is 5.82 Å². The van der Waals surface area contributed by atoms with Crippen LogP contribution in [0.15, 0.2) is 18.2 Å². The Morgan fingerprint density at radius 1 is 1.56 bits per heavy atom. The fraction of sp³-hybridized carbons (Fsp3) is 0.417. The molecule has 0 fully saturated rings. The van der Waals surface area contributed by atoms with Crippen molar-refractivity contribution in [3.8, 4) is 0 Å². The van der Waals surface area contributed by atoms with Crippen LogP contribution in [0, 0.1) is 5.82 Å². The number of aliphatic hydroxyl groups is 1. The van der Waals surface area contributed by atoms with Gasteiger partial charge in [-0.25, -0.2) is 4.39 Å². The van der Waals surface area contributed by atoms with Crippen LogP contribution in [0.3, 0.4) is 0 Å². The van der Waals surface area contributed by atoms with Crippen molar-refractivity contribution in [1.82, 2.24) is 0 Å². The molecule has 0 unspecified atom stereocenters. The number of rotatable bonds is 0. The highest BCUT2D eigenvalue weighted by molar-refractivity contribution is 5.93. The molecule has 0 saturated carbocycles. The van der Waals surface area contributed by atoms with Gasteiger partial charge in [-0.3, -0.25) is 4.79 Å². The first-order chi connectivity index (χ1) is 7.50. The molecule has 1 aromatic rings. The molecule has 1 amide bonds. The summed E-state index contributed by atoms with van der Waals surface area (Å²) in [5.74, 6) is -0.530. The zero-order valence-electron chi connectivity index (χ0n) is 9.27. The summed E-state index contributed by atoms with van der Waals surface area (Å²) in [6.45, 7) is 3.29. The van der Waals surface area contributed by atoms with E-state index in [4.69, 9.17) is 0 Å². The number of amides is 1. The number of hydrogen-bond donors (Lipinski definition) is 1. The largest absolute Gasteiger partial charge is 0.388 e. The van der Waals surface area contributed by atoms with Crippen molar-refractivity contribution in [2.45, 2.75) is 32.4 Å². The second-order valence-electron chi connectivity index (χ2n) is 4.19. The molecule has 1 aliphatic heterocycles. The van der Waals surface area contributed by atoms with Crippen LogP contribution in [-0.2, 0) is 4.79 Å². The van der Waals surface area contributed by atoms with Gasteiger partial charge in [0, 0.05) is 18.5 Å². The number of aliphatic hydroxyl groups excluding tert-OH is 1. The zero-order valence-corrected chi connectivity index (χ0v) is 9.27. The highest BCUT2D eigenvalue weighted by Crippen LogP contribution is 2.37. The van der Waals surface area contributed by atoms with E-state index in [1.165, 1.54) is 30.0 Å². The Labute approximate surface area is 93.5 Å². The molecule has 1 aromatic carbocycles. The number of nitrogens with zero attached hydrogens (tertiary/aromatic N) is 1. The van der Waals surface area contributed by atoms with Gasteiger partial charge in [-0.15, -0.1) is 0 Å². The van der Waals surface area contributed by atoms with Gasteiger partial charge in [0.15, 0.2) is 0 Å². The lowest BCUT2D eigenvalue weighted by molar-refractivity contribution is -0.117. The van der Waals surface area contributed by atoms with Crippen LogP contribution in [0.25, 0.3) is 0 Å². The Kier molecular flexibility index (Phi) is 2.68. The summed E-state index contributed by atoms with van der Waals surface area (Å²) in [4.78, 5) is 13.0. The molecule has 86 valence electrons. The first kappa shape index (κ1) is 11.1. The average Bonchev–Trinajstić information content (AvgIpc) is 2.15. The maximum atomic E-state index is 13.2. The lowest BCUT2D eigenvalue weighted by Gasteiger charge is -2.37. The molecule has 3 nitrogen and oxygen atoms in total. The molecule has 0 bridgehead atoms. The maximum Gasteiger partial charge on any atom is 0.224 e. The highest BCUT2D eigenvalue weighted by atomic mass is 19.1. The molecular weight excluding hydrogens is 209 g/mol. The Bertz CT molecular complexity index is 433. The third kappa shape index (κ3) is 1.69. The molecule has 16 heavy (non-hydrogen) atoms. The van der Waals surface area contributed by atoms with Crippen molar-refractivity contribution >= 4 is 11.6 Å². The minimum atomic E-state index is -0.624. The number of fused-ring (bicyclic) bond motifs is 1. The lowest BCUT2D eigenvalue weighted by atomic mass is 9.94. The van der Waals surface area contributed by atoms with Gasteiger partial charge < -0.3 is 10.0 Å². The number of carbonyl (C=O) groups excluding carboxylic acids is 1. The minimum Gasteiger partial charge on any atom is -0.388 e. The standard InChI is InChI=1S/C12H14FNO2/c1-7-5-12(16)10-4-3-9(13)6-11(10)14(7)8(2)15/h3-4,6-7,12,16H,5H2,1-2H3/t7-,12-/m1/s1. The molecule has 2 rings (SSSR count). The monoisotopic (exact) mass is 223 g/mol. The van der Waals surface area contributed by atoms with E-state index in [0.717, 1.165) is 0 Å². The number of anilines is 1.